The van der Waals surface area contributed by atoms with E-state index in [0.717, 1.165) is 37.8 Å². The molecule has 1 heterocycles. The molecule has 5 rings (SSSR count). The molecule has 130 valence electrons. The third kappa shape index (κ3) is 2.63. The summed E-state index contributed by atoms with van der Waals surface area (Å²) < 4.78 is 0. The molecule has 0 spiro atoms. The predicted octanol–water partition coefficient (Wildman–Crippen LogP) is 2.26. The molecule has 0 radical (unpaired) electrons. The number of carbonyl (C=O) groups excluding carboxylic acids is 1. The molecule has 5 atom stereocenters. The van der Waals surface area contributed by atoms with Crippen LogP contribution in [0.15, 0.2) is 6.20 Å². The Labute approximate surface area is 143 Å². The summed E-state index contributed by atoms with van der Waals surface area (Å²) in [5.41, 5.74) is 1.02. The van der Waals surface area contributed by atoms with Gasteiger partial charge in [-0.25, -0.2) is 9.97 Å². The fourth-order valence-corrected chi connectivity index (χ4v) is 5.46. The molecular formula is C19H27N3O2. The maximum absolute atomic E-state index is 12.9. The van der Waals surface area contributed by atoms with Crippen LogP contribution in [0.25, 0.3) is 0 Å². The highest BCUT2D eigenvalue weighted by molar-refractivity contribution is 5.95. The van der Waals surface area contributed by atoms with Gasteiger partial charge in [0.15, 0.2) is 0 Å². The van der Waals surface area contributed by atoms with E-state index in [4.69, 9.17) is 0 Å². The van der Waals surface area contributed by atoms with Crippen molar-refractivity contribution in [1.29, 1.82) is 0 Å². The molecule has 0 aromatic carbocycles. The van der Waals surface area contributed by atoms with E-state index in [-0.39, 0.29) is 11.9 Å². The van der Waals surface area contributed by atoms with Gasteiger partial charge in [-0.1, -0.05) is 13.8 Å². The predicted molar refractivity (Wildman–Crippen MR) is 90.5 cm³/mol. The number of nitrogens with one attached hydrogen (secondary N) is 1. The minimum Gasteiger partial charge on any atom is -0.390 e. The summed E-state index contributed by atoms with van der Waals surface area (Å²) in [4.78, 5) is 21.6. The maximum atomic E-state index is 12.9. The Kier molecular flexibility index (Phi) is 3.68. The van der Waals surface area contributed by atoms with Crippen LogP contribution in [0.4, 0.5) is 0 Å². The van der Waals surface area contributed by atoms with Crippen LogP contribution in [-0.4, -0.2) is 32.6 Å². The van der Waals surface area contributed by atoms with Crippen LogP contribution < -0.4 is 5.32 Å². The second-order valence-corrected chi connectivity index (χ2v) is 8.63. The monoisotopic (exact) mass is 329 g/mol. The minimum atomic E-state index is -0.449. The highest BCUT2D eigenvalue weighted by atomic mass is 16.3. The maximum Gasteiger partial charge on any atom is 0.254 e. The lowest BCUT2D eigenvalue weighted by Crippen LogP contribution is -2.48. The Hall–Kier alpha value is -1.49. The van der Waals surface area contributed by atoms with Gasteiger partial charge in [0.2, 0.25) is 0 Å². The number of hydrogen-bond donors (Lipinski definition) is 2. The number of amides is 1. The topological polar surface area (TPSA) is 75.1 Å². The van der Waals surface area contributed by atoms with Crippen molar-refractivity contribution in [2.75, 3.05) is 0 Å². The number of aliphatic hydroxyl groups is 1. The molecule has 1 unspecified atom stereocenters. The average Bonchev–Trinajstić information content (AvgIpc) is 2.84. The molecule has 4 saturated carbocycles. The lowest BCUT2D eigenvalue weighted by atomic mass is 9.76. The van der Waals surface area contributed by atoms with Crippen molar-refractivity contribution >= 4 is 5.91 Å². The van der Waals surface area contributed by atoms with Crippen molar-refractivity contribution in [2.24, 2.45) is 23.7 Å². The second-order valence-electron chi connectivity index (χ2n) is 8.63. The van der Waals surface area contributed by atoms with Gasteiger partial charge in [0, 0.05) is 12.2 Å². The Balaban J connectivity index is 1.53. The summed E-state index contributed by atoms with van der Waals surface area (Å²) >= 11 is 0. The molecule has 4 bridgehead atoms. The smallest absolute Gasteiger partial charge is 0.254 e. The fraction of sp³-hybridized carbons (Fsp3) is 0.737. The number of nitrogens with zero attached hydrogens (tertiary/aromatic N) is 2. The lowest BCUT2D eigenvalue weighted by molar-refractivity contribution is -0.0192. The average molecular weight is 329 g/mol. The van der Waals surface area contributed by atoms with E-state index in [2.05, 4.69) is 29.1 Å². The molecule has 1 aromatic rings. The summed E-state index contributed by atoms with van der Waals surface area (Å²) in [5.74, 6) is 2.57. The number of aromatic nitrogens is 2. The molecule has 5 nitrogen and oxygen atoms in total. The number of rotatable bonds is 4. The molecule has 2 N–H and O–H groups in total. The van der Waals surface area contributed by atoms with Crippen molar-refractivity contribution in [1.82, 2.24) is 15.3 Å². The summed E-state index contributed by atoms with van der Waals surface area (Å²) in [6, 6.07) is 0.207. The Morgan fingerprint density at radius 1 is 1.38 bits per heavy atom. The van der Waals surface area contributed by atoms with Gasteiger partial charge in [0.1, 0.15) is 5.82 Å². The third-order valence-corrected chi connectivity index (χ3v) is 6.21. The fourth-order valence-electron chi connectivity index (χ4n) is 5.46. The van der Waals surface area contributed by atoms with Crippen LogP contribution in [0.5, 0.6) is 0 Å². The van der Waals surface area contributed by atoms with Crippen LogP contribution in [-0.2, 0) is 6.42 Å². The standard InChI is InChI=1S/C19H27N3O2/c1-10(2)4-16-15(9-20-11(3)21-16)18(23)22-17-13-5-12-6-19(24,7-13)8-14(12)17/h9-10,12-14,17,24H,4-8H2,1-3H3,(H,22,23)/t12?,13-,14-,17-,19-/m1/s1. The van der Waals surface area contributed by atoms with Gasteiger partial charge in [-0.2, -0.15) is 0 Å². The van der Waals surface area contributed by atoms with E-state index in [9.17, 15) is 9.90 Å². The molecule has 4 aliphatic carbocycles. The summed E-state index contributed by atoms with van der Waals surface area (Å²) in [6.07, 6.45) is 6.23. The highest BCUT2D eigenvalue weighted by Gasteiger charge is 2.60. The van der Waals surface area contributed by atoms with E-state index >= 15 is 0 Å². The lowest BCUT2D eigenvalue weighted by Gasteiger charge is -2.38. The van der Waals surface area contributed by atoms with Crippen molar-refractivity contribution < 1.29 is 9.90 Å². The summed E-state index contributed by atoms with van der Waals surface area (Å²) in [6.45, 7) is 6.13. The quantitative estimate of drug-likeness (QED) is 0.888. The molecule has 0 saturated heterocycles. The first-order chi connectivity index (χ1) is 11.3. The van der Waals surface area contributed by atoms with Crippen molar-refractivity contribution in [2.45, 2.75) is 64.5 Å². The van der Waals surface area contributed by atoms with Crippen LogP contribution >= 0.6 is 0 Å². The number of carbonyl (C=O) groups is 1. The Morgan fingerprint density at radius 3 is 2.83 bits per heavy atom. The Morgan fingerprint density at radius 2 is 2.12 bits per heavy atom. The number of aryl methyl sites for hydroxylation is 1. The van der Waals surface area contributed by atoms with E-state index < -0.39 is 5.60 Å². The molecule has 1 amide bonds. The first-order valence-electron chi connectivity index (χ1n) is 9.20. The van der Waals surface area contributed by atoms with Crippen molar-refractivity contribution in [3.63, 3.8) is 0 Å². The first-order valence-corrected chi connectivity index (χ1v) is 9.20. The van der Waals surface area contributed by atoms with Crippen LogP contribution in [0.2, 0.25) is 0 Å². The van der Waals surface area contributed by atoms with Crippen LogP contribution in [0.1, 0.15) is 61.4 Å². The van der Waals surface area contributed by atoms with Crippen molar-refractivity contribution in [3.05, 3.63) is 23.3 Å². The van der Waals surface area contributed by atoms with Gasteiger partial charge in [-0.3, -0.25) is 4.79 Å². The first kappa shape index (κ1) is 16.0. The third-order valence-electron chi connectivity index (χ3n) is 6.21. The van der Waals surface area contributed by atoms with E-state index in [1.165, 1.54) is 0 Å². The van der Waals surface area contributed by atoms with Gasteiger partial charge in [-0.15, -0.1) is 0 Å². The van der Waals surface area contributed by atoms with Gasteiger partial charge in [0.25, 0.3) is 5.91 Å². The van der Waals surface area contributed by atoms with E-state index in [1.807, 2.05) is 6.92 Å². The van der Waals surface area contributed by atoms with Gasteiger partial charge >= 0.3 is 0 Å². The van der Waals surface area contributed by atoms with E-state index in [0.29, 0.717) is 35.1 Å². The molecule has 0 aliphatic heterocycles. The van der Waals surface area contributed by atoms with Crippen LogP contribution in [0.3, 0.4) is 0 Å². The Bertz CT molecular complexity index is 671. The van der Waals surface area contributed by atoms with E-state index in [1.54, 1.807) is 6.20 Å². The molecular weight excluding hydrogens is 302 g/mol. The second kappa shape index (κ2) is 5.51. The largest absolute Gasteiger partial charge is 0.390 e. The minimum absolute atomic E-state index is 0.0429. The highest BCUT2D eigenvalue weighted by Crippen LogP contribution is 2.59. The van der Waals surface area contributed by atoms with Gasteiger partial charge in [-0.05, 0) is 62.7 Å². The molecule has 1 aromatic heterocycles. The zero-order valence-corrected chi connectivity index (χ0v) is 14.7. The van der Waals surface area contributed by atoms with Gasteiger partial charge < -0.3 is 10.4 Å². The zero-order valence-electron chi connectivity index (χ0n) is 14.7. The molecule has 4 aliphatic rings. The SMILES string of the molecule is Cc1ncc(C(=O)N[C@@H]2[C@@H]3CC4C[C@@](O)(C3)C[C@H]42)c(CC(C)C)n1. The summed E-state index contributed by atoms with van der Waals surface area (Å²) in [7, 11) is 0. The molecule has 5 heteroatoms. The summed E-state index contributed by atoms with van der Waals surface area (Å²) in [5, 5.41) is 13.8. The normalized spacial score (nSPS) is 36.5. The molecule has 4 fully saturated rings. The molecule has 24 heavy (non-hydrogen) atoms. The zero-order chi connectivity index (χ0) is 17.1. The van der Waals surface area contributed by atoms with Crippen LogP contribution in [0, 0.1) is 30.6 Å². The van der Waals surface area contributed by atoms with Gasteiger partial charge in [0.05, 0.1) is 16.9 Å². The number of hydrogen-bond acceptors (Lipinski definition) is 4. The van der Waals surface area contributed by atoms with Crippen molar-refractivity contribution in [3.8, 4) is 0 Å².